The lowest BCUT2D eigenvalue weighted by Gasteiger charge is -2.36. The number of benzene rings is 1. The first kappa shape index (κ1) is 12.2. The Bertz CT molecular complexity index is 367. The summed E-state index contributed by atoms with van der Waals surface area (Å²) in [5.74, 6) is 0.927. The summed E-state index contributed by atoms with van der Waals surface area (Å²) < 4.78 is 5.27. The molecule has 1 aliphatic heterocycles. The Hall–Kier alpha value is -1.22. The van der Waals surface area contributed by atoms with Gasteiger partial charge in [0.2, 0.25) is 0 Å². The quantitative estimate of drug-likeness (QED) is 0.868. The fourth-order valence-corrected chi connectivity index (χ4v) is 2.50. The minimum absolute atomic E-state index is 0.613. The van der Waals surface area contributed by atoms with Crippen molar-refractivity contribution in [2.45, 2.75) is 31.8 Å². The van der Waals surface area contributed by atoms with Crippen molar-refractivity contribution in [3.63, 3.8) is 0 Å². The van der Waals surface area contributed by atoms with Crippen molar-refractivity contribution in [3.8, 4) is 5.75 Å². The average Bonchev–Trinajstić information content (AvgIpc) is 2.38. The van der Waals surface area contributed by atoms with Gasteiger partial charge in [-0.3, -0.25) is 0 Å². The summed E-state index contributed by atoms with van der Waals surface area (Å²) >= 11 is 0. The van der Waals surface area contributed by atoms with E-state index in [9.17, 15) is 0 Å². The van der Waals surface area contributed by atoms with Gasteiger partial charge in [-0.05, 0) is 38.4 Å². The van der Waals surface area contributed by atoms with Crippen molar-refractivity contribution in [1.29, 1.82) is 0 Å². The fraction of sp³-hybridized carbons (Fsp3) is 0.571. The number of hydrogen-bond acceptors (Lipinski definition) is 3. The molecule has 0 amide bonds. The standard InChI is InChI=1S/C14H22N2O/c1-11-9-13(7-8-15-11)16(2)12-5-4-6-14(10-12)17-3/h4-6,10-11,13,15H,7-9H2,1-3H3. The molecule has 2 rings (SSSR count). The Balaban J connectivity index is 2.09. The molecule has 0 bridgehead atoms. The lowest BCUT2D eigenvalue weighted by atomic mass is 9.99. The smallest absolute Gasteiger partial charge is 0.120 e. The summed E-state index contributed by atoms with van der Waals surface area (Å²) in [7, 11) is 3.89. The molecule has 0 radical (unpaired) electrons. The molecular weight excluding hydrogens is 212 g/mol. The van der Waals surface area contributed by atoms with Crippen molar-refractivity contribution < 1.29 is 4.74 Å². The van der Waals surface area contributed by atoms with Gasteiger partial charge in [-0.25, -0.2) is 0 Å². The Kier molecular flexibility index (Phi) is 3.89. The molecule has 2 atom stereocenters. The maximum Gasteiger partial charge on any atom is 0.120 e. The second-order valence-corrected chi connectivity index (χ2v) is 4.85. The molecule has 94 valence electrons. The van der Waals surface area contributed by atoms with E-state index in [0.29, 0.717) is 12.1 Å². The number of rotatable bonds is 3. The van der Waals surface area contributed by atoms with Gasteiger partial charge >= 0.3 is 0 Å². The maximum absolute atomic E-state index is 5.27. The van der Waals surface area contributed by atoms with Gasteiger partial charge < -0.3 is 15.0 Å². The van der Waals surface area contributed by atoms with E-state index in [1.807, 2.05) is 6.07 Å². The lowest BCUT2D eigenvalue weighted by Crippen LogP contribution is -2.45. The predicted octanol–water partition coefficient (Wildman–Crippen LogP) is 2.27. The Morgan fingerprint density at radius 2 is 2.24 bits per heavy atom. The molecule has 0 saturated carbocycles. The lowest BCUT2D eigenvalue weighted by molar-refractivity contribution is 0.371. The Morgan fingerprint density at radius 3 is 2.94 bits per heavy atom. The van der Waals surface area contributed by atoms with E-state index in [2.05, 4.69) is 42.4 Å². The van der Waals surface area contributed by atoms with Crippen LogP contribution < -0.4 is 15.0 Å². The normalized spacial score (nSPS) is 24.4. The highest BCUT2D eigenvalue weighted by molar-refractivity contribution is 5.51. The molecule has 1 aliphatic rings. The van der Waals surface area contributed by atoms with Crippen LogP contribution in [0.3, 0.4) is 0 Å². The zero-order valence-electron chi connectivity index (χ0n) is 10.9. The molecule has 3 nitrogen and oxygen atoms in total. The summed E-state index contributed by atoms with van der Waals surface area (Å²) in [5.41, 5.74) is 1.24. The highest BCUT2D eigenvalue weighted by Crippen LogP contribution is 2.25. The Morgan fingerprint density at radius 1 is 1.41 bits per heavy atom. The van der Waals surface area contributed by atoms with Gasteiger partial charge in [0.05, 0.1) is 7.11 Å². The molecule has 1 N–H and O–H groups in total. The number of piperidine rings is 1. The molecular formula is C14H22N2O. The summed E-state index contributed by atoms with van der Waals surface area (Å²) in [6.07, 6.45) is 2.41. The summed E-state index contributed by atoms with van der Waals surface area (Å²) in [6.45, 7) is 3.37. The largest absolute Gasteiger partial charge is 0.497 e. The number of nitrogens with one attached hydrogen (secondary N) is 1. The fourth-order valence-electron chi connectivity index (χ4n) is 2.50. The molecule has 1 heterocycles. The molecule has 0 spiro atoms. The van der Waals surface area contributed by atoms with Crippen LogP contribution in [0.1, 0.15) is 19.8 Å². The van der Waals surface area contributed by atoms with Crippen LogP contribution in [-0.4, -0.2) is 32.8 Å². The second-order valence-electron chi connectivity index (χ2n) is 4.85. The maximum atomic E-state index is 5.27. The summed E-state index contributed by atoms with van der Waals surface area (Å²) in [5, 5.41) is 3.49. The van der Waals surface area contributed by atoms with E-state index in [0.717, 1.165) is 12.3 Å². The third-order valence-corrected chi connectivity index (χ3v) is 3.60. The number of anilines is 1. The first-order valence-corrected chi connectivity index (χ1v) is 6.31. The van der Waals surface area contributed by atoms with Gasteiger partial charge in [-0.1, -0.05) is 6.07 Å². The van der Waals surface area contributed by atoms with E-state index >= 15 is 0 Å². The summed E-state index contributed by atoms with van der Waals surface area (Å²) in [6, 6.07) is 9.53. The van der Waals surface area contributed by atoms with Crippen LogP contribution in [0.4, 0.5) is 5.69 Å². The van der Waals surface area contributed by atoms with Gasteiger partial charge in [-0.2, -0.15) is 0 Å². The third-order valence-electron chi connectivity index (χ3n) is 3.60. The molecule has 1 aromatic carbocycles. The van der Waals surface area contributed by atoms with Crippen LogP contribution in [0.25, 0.3) is 0 Å². The second kappa shape index (κ2) is 5.41. The topological polar surface area (TPSA) is 24.5 Å². The zero-order valence-corrected chi connectivity index (χ0v) is 10.9. The Labute approximate surface area is 104 Å². The minimum atomic E-state index is 0.613. The average molecular weight is 234 g/mol. The van der Waals surface area contributed by atoms with Crippen molar-refractivity contribution in [3.05, 3.63) is 24.3 Å². The zero-order chi connectivity index (χ0) is 12.3. The van der Waals surface area contributed by atoms with Crippen LogP contribution in [0.2, 0.25) is 0 Å². The number of methoxy groups -OCH3 is 1. The van der Waals surface area contributed by atoms with Gasteiger partial charge in [0.15, 0.2) is 0 Å². The van der Waals surface area contributed by atoms with Gasteiger partial charge in [-0.15, -0.1) is 0 Å². The number of hydrogen-bond donors (Lipinski definition) is 1. The number of nitrogens with zero attached hydrogens (tertiary/aromatic N) is 1. The van der Waals surface area contributed by atoms with Crippen LogP contribution in [0.15, 0.2) is 24.3 Å². The van der Waals surface area contributed by atoms with Crippen molar-refractivity contribution in [2.24, 2.45) is 0 Å². The van der Waals surface area contributed by atoms with Crippen molar-refractivity contribution in [2.75, 3.05) is 25.6 Å². The molecule has 1 aromatic rings. The summed E-state index contributed by atoms with van der Waals surface area (Å²) in [4.78, 5) is 2.37. The minimum Gasteiger partial charge on any atom is -0.497 e. The molecule has 0 aromatic heterocycles. The van der Waals surface area contributed by atoms with Gasteiger partial charge in [0, 0.05) is 30.9 Å². The molecule has 1 saturated heterocycles. The number of ether oxygens (including phenoxy) is 1. The van der Waals surface area contributed by atoms with Crippen LogP contribution in [-0.2, 0) is 0 Å². The molecule has 0 aliphatic carbocycles. The van der Waals surface area contributed by atoms with E-state index in [4.69, 9.17) is 4.74 Å². The van der Waals surface area contributed by atoms with E-state index in [1.165, 1.54) is 18.5 Å². The van der Waals surface area contributed by atoms with Gasteiger partial charge in [0.1, 0.15) is 5.75 Å². The van der Waals surface area contributed by atoms with E-state index in [-0.39, 0.29) is 0 Å². The van der Waals surface area contributed by atoms with Crippen LogP contribution in [0, 0.1) is 0 Å². The first-order chi connectivity index (χ1) is 8.20. The molecule has 2 unspecified atom stereocenters. The van der Waals surface area contributed by atoms with Crippen LogP contribution >= 0.6 is 0 Å². The SMILES string of the molecule is COc1cccc(N(C)C2CCNC(C)C2)c1. The highest BCUT2D eigenvalue weighted by atomic mass is 16.5. The van der Waals surface area contributed by atoms with Crippen LogP contribution in [0.5, 0.6) is 5.75 Å². The highest BCUT2D eigenvalue weighted by Gasteiger charge is 2.22. The van der Waals surface area contributed by atoms with Crippen molar-refractivity contribution in [1.82, 2.24) is 5.32 Å². The monoisotopic (exact) mass is 234 g/mol. The predicted molar refractivity (Wildman–Crippen MR) is 71.9 cm³/mol. The van der Waals surface area contributed by atoms with E-state index < -0.39 is 0 Å². The molecule has 3 heteroatoms. The van der Waals surface area contributed by atoms with Crippen molar-refractivity contribution >= 4 is 5.69 Å². The molecule has 1 fully saturated rings. The first-order valence-electron chi connectivity index (χ1n) is 6.31. The van der Waals surface area contributed by atoms with Gasteiger partial charge in [0.25, 0.3) is 0 Å². The molecule has 17 heavy (non-hydrogen) atoms. The third kappa shape index (κ3) is 2.91. The van der Waals surface area contributed by atoms with E-state index in [1.54, 1.807) is 7.11 Å².